The molecule has 0 aromatic heterocycles. The van der Waals surface area contributed by atoms with Crippen LogP contribution in [0.25, 0.3) is 10.8 Å². The van der Waals surface area contributed by atoms with Gasteiger partial charge in [-0.25, -0.2) is 8.42 Å². The maximum absolute atomic E-state index is 13.8. The fourth-order valence-electron chi connectivity index (χ4n) is 5.35. The van der Waals surface area contributed by atoms with E-state index in [1.54, 1.807) is 23.1 Å². The van der Waals surface area contributed by atoms with Crippen LogP contribution >= 0.6 is 0 Å². The number of nitrogens with one attached hydrogen (secondary N) is 1. The number of carbonyl (C=O) groups excluding carboxylic acids is 2. The Morgan fingerprint density at radius 1 is 0.949 bits per heavy atom. The standard InChI is InChI=1S/C31H39N3O4S/c1-4-29(31(36)32-27-15-6-5-7-16-27)34(21-24-12-10-11-23(2)19-24)30(35)22-33(3)39(37,38)28-18-17-25-13-8-9-14-26(25)20-28/h8-14,17-20,27,29H,4-7,15-16,21-22H2,1-3H3,(H,32,36). The van der Waals surface area contributed by atoms with E-state index in [4.69, 9.17) is 0 Å². The quantitative estimate of drug-likeness (QED) is 0.385. The first-order valence-corrected chi connectivity index (χ1v) is 15.2. The molecule has 0 spiro atoms. The van der Waals surface area contributed by atoms with Crippen LogP contribution in [-0.2, 0) is 26.2 Å². The van der Waals surface area contributed by atoms with Gasteiger partial charge in [0.15, 0.2) is 0 Å². The molecule has 0 heterocycles. The number of nitrogens with zero attached hydrogens (tertiary/aromatic N) is 2. The summed E-state index contributed by atoms with van der Waals surface area (Å²) in [5.41, 5.74) is 1.95. The van der Waals surface area contributed by atoms with Gasteiger partial charge in [-0.15, -0.1) is 0 Å². The number of hydrogen-bond acceptors (Lipinski definition) is 4. The van der Waals surface area contributed by atoms with E-state index < -0.39 is 22.0 Å². The molecule has 3 aromatic carbocycles. The second-order valence-corrected chi connectivity index (χ2v) is 12.6. The zero-order chi connectivity index (χ0) is 28.0. The number of amides is 2. The minimum Gasteiger partial charge on any atom is -0.352 e. The van der Waals surface area contributed by atoms with Gasteiger partial charge >= 0.3 is 0 Å². The summed E-state index contributed by atoms with van der Waals surface area (Å²) in [6, 6.07) is 19.7. The van der Waals surface area contributed by atoms with Crippen molar-refractivity contribution in [3.8, 4) is 0 Å². The maximum atomic E-state index is 13.8. The maximum Gasteiger partial charge on any atom is 0.243 e. The van der Waals surface area contributed by atoms with Crippen LogP contribution in [0.2, 0.25) is 0 Å². The van der Waals surface area contributed by atoms with Crippen molar-refractivity contribution in [2.24, 2.45) is 0 Å². The van der Waals surface area contributed by atoms with Crippen molar-refractivity contribution in [2.75, 3.05) is 13.6 Å². The molecule has 0 bridgehead atoms. The molecule has 1 aliphatic carbocycles. The zero-order valence-electron chi connectivity index (χ0n) is 23.1. The van der Waals surface area contributed by atoms with E-state index >= 15 is 0 Å². The minimum absolute atomic E-state index is 0.118. The Kier molecular flexibility index (Phi) is 9.40. The van der Waals surface area contributed by atoms with Gasteiger partial charge in [-0.2, -0.15) is 4.31 Å². The average Bonchev–Trinajstić information content (AvgIpc) is 2.93. The molecule has 1 fully saturated rings. The molecule has 1 atom stereocenters. The summed E-state index contributed by atoms with van der Waals surface area (Å²) in [5.74, 6) is -0.584. The number of sulfonamides is 1. The number of aryl methyl sites for hydroxylation is 1. The van der Waals surface area contributed by atoms with Gasteiger partial charge in [0.2, 0.25) is 21.8 Å². The predicted molar refractivity (Wildman–Crippen MR) is 155 cm³/mol. The second-order valence-electron chi connectivity index (χ2n) is 10.5. The summed E-state index contributed by atoms with van der Waals surface area (Å²) < 4.78 is 28.0. The topological polar surface area (TPSA) is 86.8 Å². The third-order valence-corrected chi connectivity index (χ3v) is 9.36. The van der Waals surface area contributed by atoms with Crippen molar-refractivity contribution in [1.82, 2.24) is 14.5 Å². The summed E-state index contributed by atoms with van der Waals surface area (Å²) in [7, 11) is -2.52. The first-order chi connectivity index (χ1) is 18.7. The van der Waals surface area contributed by atoms with Gasteiger partial charge < -0.3 is 10.2 Å². The van der Waals surface area contributed by atoms with E-state index in [-0.39, 0.29) is 29.9 Å². The van der Waals surface area contributed by atoms with Crippen LogP contribution < -0.4 is 5.32 Å². The van der Waals surface area contributed by atoms with E-state index in [0.29, 0.717) is 6.42 Å². The normalized spacial score (nSPS) is 15.3. The molecule has 4 rings (SSSR count). The number of rotatable bonds is 10. The molecule has 0 saturated heterocycles. The van der Waals surface area contributed by atoms with E-state index in [2.05, 4.69) is 5.32 Å². The van der Waals surface area contributed by atoms with E-state index in [1.165, 1.54) is 13.5 Å². The highest BCUT2D eigenvalue weighted by Gasteiger charge is 2.33. The van der Waals surface area contributed by atoms with E-state index in [0.717, 1.165) is 51.9 Å². The lowest BCUT2D eigenvalue weighted by atomic mass is 9.95. The first kappa shape index (κ1) is 28.8. The Morgan fingerprint density at radius 3 is 2.36 bits per heavy atom. The second kappa shape index (κ2) is 12.7. The lowest BCUT2D eigenvalue weighted by molar-refractivity contribution is -0.141. The Bertz CT molecular complexity index is 1420. The fourth-order valence-corrected chi connectivity index (χ4v) is 6.50. The van der Waals surface area contributed by atoms with Crippen molar-refractivity contribution < 1.29 is 18.0 Å². The van der Waals surface area contributed by atoms with Crippen LogP contribution in [0, 0.1) is 6.92 Å². The van der Waals surface area contributed by atoms with Crippen LogP contribution in [0.4, 0.5) is 0 Å². The van der Waals surface area contributed by atoms with Gasteiger partial charge in [0.1, 0.15) is 6.04 Å². The van der Waals surface area contributed by atoms with Crippen molar-refractivity contribution in [2.45, 2.75) is 75.9 Å². The molecule has 1 unspecified atom stereocenters. The zero-order valence-corrected chi connectivity index (χ0v) is 23.9. The Morgan fingerprint density at radius 2 is 1.67 bits per heavy atom. The SMILES string of the molecule is CCC(C(=O)NC1CCCCC1)N(Cc1cccc(C)c1)C(=O)CN(C)S(=O)(=O)c1ccc2ccccc2c1. The van der Waals surface area contributed by atoms with Crippen molar-refractivity contribution >= 4 is 32.6 Å². The predicted octanol–water partition coefficient (Wildman–Crippen LogP) is 5.03. The number of benzene rings is 3. The molecule has 2 amide bonds. The lowest BCUT2D eigenvalue weighted by Gasteiger charge is -2.33. The van der Waals surface area contributed by atoms with Gasteiger partial charge in [0.25, 0.3) is 0 Å². The molecule has 8 heteroatoms. The molecular formula is C31H39N3O4S. The highest BCUT2D eigenvalue weighted by atomic mass is 32.2. The van der Waals surface area contributed by atoms with Gasteiger partial charge in [-0.05, 0) is 54.7 Å². The van der Waals surface area contributed by atoms with Gasteiger partial charge in [0.05, 0.1) is 11.4 Å². The van der Waals surface area contributed by atoms with Gasteiger partial charge in [-0.1, -0.05) is 86.3 Å². The van der Waals surface area contributed by atoms with Crippen LogP contribution in [0.15, 0.2) is 71.6 Å². The molecular weight excluding hydrogens is 510 g/mol. The largest absolute Gasteiger partial charge is 0.352 e. The summed E-state index contributed by atoms with van der Waals surface area (Å²) in [6.07, 6.45) is 5.68. The van der Waals surface area contributed by atoms with Gasteiger partial charge in [-0.3, -0.25) is 9.59 Å². The number of likely N-dealkylation sites (N-methyl/N-ethyl adjacent to an activating group) is 1. The molecule has 1 saturated carbocycles. The third-order valence-electron chi connectivity index (χ3n) is 7.56. The van der Waals surface area contributed by atoms with Crippen LogP contribution in [-0.4, -0.2) is 55.1 Å². The smallest absolute Gasteiger partial charge is 0.243 e. The number of hydrogen-bond donors (Lipinski definition) is 1. The number of fused-ring (bicyclic) bond motifs is 1. The Hall–Kier alpha value is -3.23. The molecule has 3 aromatic rings. The first-order valence-electron chi connectivity index (χ1n) is 13.8. The molecule has 208 valence electrons. The highest BCUT2D eigenvalue weighted by Crippen LogP contribution is 2.23. The van der Waals surface area contributed by atoms with Gasteiger partial charge in [0, 0.05) is 19.6 Å². The summed E-state index contributed by atoms with van der Waals surface area (Å²) in [4.78, 5) is 28.9. The Labute approximate surface area is 232 Å². The van der Waals surface area contributed by atoms with E-state index in [9.17, 15) is 18.0 Å². The van der Waals surface area contributed by atoms with Crippen molar-refractivity contribution in [3.63, 3.8) is 0 Å². The summed E-state index contributed by atoms with van der Waals surface area (Å²) >= 11 is 0. The van der Waals surface area contributed by atoms with Crippen molar-refractivity contribution in [3.05, 3.63) is 77.9 Å². The molecule has 0 radical (unpaired) electrons. The van der Waals surface area contributed by atoms with E-state index in [1.807, 2.05) is 62.4 Å². The third kappa shape index (κ3) is 7.05. The average molecular weight is 550 g/mol. The Balaban J connectivity index is 1.57. The monoisotopic (exact) mass is 549 g/mol. The molecule has 1 aliphatic rings. The fraction of sp³-hybridized carbons (Fsp3) is 0.419. The van der Waals surface area contributed by atoms with Crippen LogP contribution in [0.5, 0.6) is 0 Å². The van der Waals surface area contributed by atoms with Crippen LogP contribution in [0.1, 0.15) is 56.6 Å². The summed E-state index contributed by atoms with van der Waals surface area (Å²) in [5, 5.41) is 4.91. The number of carbonyl (C=O) groups is 2. The molecule has 39 heavy (non-hydrogen) atoms. The highest BCUT2D eigenvalue weighted by molar-refractivity contribution is 7.89. The molecule has 0 aliphatic heterocycles. The molecule has 1 N–H and O–H groups in total. The summed E-state index contributed by atoms with van der Waals surface area (Å²) in [6.45, 7) is 3.72. The van der Waals surface area contributed by atoms with Crippen LogP contribution in [0.3, 0.4) is 0 Å². The van der Waals surface area contributed by atoms with Crippen molar-refractivity contribution in [1.29, 1.82) is 0 Å². The lowest BCUT2D eigenvalue weighted by Crippen LogP contribution is -2.53. The molecule has 7 nitrogen and oxygen atoms in total. The minimum atomic E-state index is -3.93.